The Kier molecular flexibility index (Phi) is 5.94. The number of rotatable bonds is 4. The first-order valence-electron chi connectivity index (χ1n) is 13.7. The molecule has 0 saturated carbocycles. The minimum absolute atomic E-state index is 0.737. The molecule has 40 heavy (non-hydrogen) atoms. The number of benzene rings is 6. The van der Waals surface area contributed by atoms with Crippen molar-refractivity contribution >= 4 is 21.7 Å². The van der Waals surface area contributed by atoms with Crippen LogP contribution in [-0.4, -0.2) is 9.97 Å². The summed E-state index contributed by atoms with van der Waals surface area (Å²) in [6.07, 6.45) is 0. The lowest BCUT2D eigenvalue weighted by Gasteiger charge is -2.15. The summed E-state index contributed by atoms with van der Waals surface area (Å²) in [5.41, 5.74) is 11.2. The fraction of sp³-hybridized carbons (Fsp3) is 0.0526. The summed E-state index contributed by atoms with van der Waals surface area (Å²) in [5.74, 6) is 0.737. The molecule has 0 fully saturated rings. The molecule has 2 nitrogen and oxygen atoms in total. The summed E-state index contributed by atoms with van der Waals surface area (Å²) in [6.45, 7) is 4.33. The number of fused-ring (bicyclic) bond motifs is 2. The monoisotopic (exact) mass is 512 g/mol. The van der Waals surface area contributed by atoms with Crippen LogP contribution in [0.25, 0.3) is 66.6 Å². The largest absolute Gasteiger partial charge is 0.228 e. The van der Waals surface area contributed by atoms with Gasteiger partial charge in [0.1, 0.15) is 0 Å². The van der Waals surface area contributed by atoms with Gasteiger partial charge in [0.25, 0.3) is 0 Å². The van der Waals surface area contributed by atoms with Crippen molar-refractivity contribution in [3.8, 4) is 44.9 Å². The van der Waals surface area contributed by atoms with E-state index in [1.165, 1.54) is 38.6 Å². The van der Waals surface area contributed by atoms with Crippen LogP contribution in [0.2, 0.25) is 0 Å². The van der Waals surface area contributed by atoms with Crippen LogP contribution in [0.1, 0.15) is 11.1 Å². The van der Waals surface area contributed by atoms with Gasteiger partial charge in [0.2, 0.25) is 0 Å². The number of aryl methyl sites for hydroxylation is 2. The van der Waals surface area contributed by atoms with Gasteiger partial charge in [-0.2, -0.15) is 0 Å². The van der Waals surface area contributed by atoms with E-state index in [1.54, 1.807) is 0 Å². The number of hydrogen-bond acceptors (Lipinski definition) is 2. The van der Waals surface area contributed by atoms with Crippen molar-refractivity contribution in [1.82, 2.24) is 9.97 Å². The third kappa shape index (κ3) is 4.34. The molecular weight excluding hydrogens is 484 g/mol. The van der Waals surface area contributed by atoms with Crippen LogP contribution in [0.3, 0.4) is 0 Å². The fourth-order valence-corrected chi connectivity index (χ4v) is 5.65. The molecule has 0 unspecified atom stereocenters. The molecule has 2 heteroatoms. The lowest BCUT2D eigenvalue weighted by Crippen LogP contribution is -1.98. The maximum Gasteiger partial charge on any atom is 0.160 e. The zero-order valence-electron chi connectivity index (χ0n) is 22.6. The van der Waals surface area contributed by atoms with Crippen LogP contribution in [0.15, 0.2) is 133 Å². The summed E-state index contributed by atoms with van der Waals surface area (Å²) in [5, 5.41) is 3.54. The lowest BCUT2D eigenvalue weighted by atomic mass is 9.94. The quantitative estimate of drug-likeness (QED) is 0.234. The fourth-order valence-electron chi connectivity index (χ4n) is 5.65. The van der Waals surface area contributed by atoms with Crippen molar-refractivity contribution in [3.63, 3.8) is 0 Å². The van der Waals surface area contributed by atoms with Gasteiger partial charge in [0.05, 0.1) is 11.2 Å². The Morgan fingerprint density at radius 1 is 0.425 bits per heavy atom. The molecule has 0 aliphatic rings. The average Bonchev–Trinajstić information content (AvgIpc) is 3.01. The second-order valence-corrected chi connectivity index (χ2v) is 10.4. The highest BCUT2D eigenvalue weighted by Crippen LogP contribution is 2.36. The standard InChI is InChI=1S/C38H28N2/c1-25-10-8-11-26(2)36(25)37-34-24-32(31-19-18-28-14-6-7-15-29(28)22-31)20-21-35(34)39-38(40-37)33-17-9-16-30(23-33)27-12-4-3-5-13-27/h3-24H,1-2H3. The summed E-state index contributed by atoms with van der Waals surface area (Å²) in [7, 11) is 0. The maximum absolute atomic E-state index is 5.27. The molecule has 0 aliphatic heterocycles. The van der Waals surface area contributed by atoms with Crippen molar-refractivity contribution in [2.75, 3.05) is 0 Å². The van der Waals surface area contributed by atoms with Crippen LogP contribution in [-0.2, 0) is 0 Å². The molecule has 0 aliphatic carbocycles. The normalized spacial score (nSPS) is 11.2. The highest BCUT2D eigenvalue weighted by molar-refractivity contribution is 5.98. The second kappa shape index (κ2) is 9.91. The van der Waals surface area contributed by atoms with Crippen LogP contribution >= 0.6 is 0 Å². The molecule has 1 aromatic heterocycles. The summed E-state index contributed by atoms with van der Waals surface area (Å²) >= 11 is 0. The zero-order chi connectivity index (χ0) is 27.1. The van der Waals surface area contributed by atoms with E-state index in [9.17, 15) is 0 Å². The summed E-state index contributed by atoms with van der Waals surface area (Å²) in [4.78, 5) is 10.4. The highest BCUT2D eigenvalue weighted by Gasteiger charge is 2.16. The van der Waals surface area contributed by atoms with Crippen molar-refractivity contribution in [2.45, 2.75) is 13.8 Å². The number of aromatic nitrogens is 2. The summed E-state index contributed by atoms with van der Waals surface area (Å²) < 4.78 is 0. The van der Waals surface area contributed by atoms with Gasteiger partial charge >= 0.3 is 0 Å². The van der Waals surface area contributed by atoms with Gasteiger partial charge in [-0.1, -0.05) is 109 Å². The van der Waals surface area contributed by atoms with E-state index in [1.807, 2.05) is 6.07 Å². The Hall–Kier alpha value is -5.08. The van der Waals surface area contributed by atoms with Crippen LogP contribution in [0.4, 0.5) is 0 Å². The Morgan fingerprint density at radius 2 is 1.05 bits per heavy atom. The molecule has 0 spiro atoms. The molecular formula is C38H28N2. The third-order valence-electron chi connectivity index (χ3n) is 7.72. The van der Waals surface area contributed by atoms with Gasteiger partial charge in [-0.05, 0) is 82.3 Å². The highest BCUT2D eigenvalue weighted by atomic mass is 14.9. The second-order valence-electron chi connectivity index (χ2n) is 10.4. The van der Waals surface area contributed by atoms with Crippen molar-refractivity contribution < 1.29 is 0 Å². The van der Waals surface area contributed by atoms with E-state index in [4.69, 9.17) is 9.97 Å². The van der Waals surface area contributed by atoms with Gasteiger partial charge in [0, 0.05) is 16.5 Å². The number of hydrogen-bond donors (Lipinski definition) is 0. The van der Waals surface area contributed by atoms with Crippen molar-refractivity contribution in [1.29, 1.82) is 0 Å². The van der Waals surface area contributed by atoms with Gasteiger partial charge < -0.3 is 0 Å². The van der Waals surface area contributed by atoms with Gasteiger partial charge in [0.15, 0.2) is 5.82 Å². The van der Waals surface area contributed by atoms with Gasteiger partial charge in [-0.15, -0.1) is 0 Å². The van der Waals surface area contributed by atoms with E-state index in [0.717, 1.165) is 39.1 Å². The molecule has 0 atom stereocenters. The maximum atomic E-state index is 5.27. The van der Waals surface area contributed by atoms with Crippen molar-refractivity contribution in [2.24, 2.45) is 0 Å². The SMILES string of the molecule is Cc1cccc(C)c1-c1nc(-c2cccc(-c3ccccc3)c2)nc2ccc(-c3ccc4ccccc4c3)cc12. The van der Waals surface area contributed by atoms with Crippen LogP contribution in [0, 0.1) is 13.8 Å². The van der Waals surface area contributed by atoms with Crippen LogP contribution in [0.5, 0.6) is 0 Å². The van der Waals surface area contributed by atoms with E-state index >= 15 is 0 Å². The van der Waals surface area contributed by atoms with E-state index in [2.05, 4.69) is 141 Å². The van der Waals surface area contributed by atoms with E-state index < -0.39 is 0 Å². The molecule has 0 radical (unpaired) electrons. The Bertz CT molecular complexity index is 2000. The molecule has 0 saturated heterocycles. The van der Waals surface area contributed by atoms with Crippen molar-refractivity contribution in [3.05, 3.63) is 145 Å². The molecule has 190 valence electrons. The minimum Gasteiger partial charge on any atom is -0.228 e. The van der Waals surface area contributed by atoms with E-state index in [0.29, 0.717) is 0 Å². The molecule has 0 bridgehead atoms. The Morgan fingerprint density at radius 3 is 1.88 bits per heavy atom. The zero-order valence-corrected chi connectivity index (χ0v) is 22.6. The van der Waals surface area contributed by atoms with Gasteiger partial charge in [-0.25, -0.2) is 9.97 Å². The predicted molar refractivity (Wildman–Crippen MR) is 168 cm³/mol. The van der Waals surface area contributed by atoms with E-state index in [-0.39, 0.29) is 0 Å². The molecule has 0 N–H and O–H groups in total. The first-order chi connectivity index (χ1) is 19.6. The smallest absolute Gasteiger partial charge is 0.160 e. The first-order valence-corrected chi connectivity index (χ1v) is 13.7. The Balaban J connectivity index is 1.44. The lowest BCUT2D eigenvalue weighted by molar-refractivity contribution is 1.21. The predicted octanol–water partition coefficient (Wildman–Crippen LogP) is 10.1. The molecule has 0 amide bonds. The molecule has 6 aromatic carbocycles. The first kappa shape index (κ1) is 24.0. The molecule has 7 aromatic rings. The number of nitrogens with zero attached hydrogens (tertiary/aromatic N) is 2. The minimum atomic E-state index is 0.737. The third-order valence-corrected chi connectivity index (χ3v) is 7.72. The van der Waals surface area contributed by atoms with Gasteiger partial charge in [-0.3, -0.25) is 0 Å². The topological polar surface area (TPSA) is 25.8 Å². The molecule has 1 heterocycles. The Labute approximate surface area is 234 Å². The average molecular weight is 513 g/mol. The van der Waals surface area contributed by atoms with Crippen LogP contribution < -0.4 is 0 Å². The summed E-state index contributed by atoms with van der Waals surface area (Å²) in [6, 6.07) is 47.2. The molecule has 7 rings (SSSR count).